The Morgan fingerprint density at radius 2 is 2.27 bits per heavy atom. The number of halogens is 1. The molecule has 3 rings (SSSR count). The molecular formula is C11H11ClN2O. The summed E-state index contributed by atoms with van der Waals surface area (Å²) in [6, 6.07) is 3.70. The SMILES string of the molecule is OCc1c(C2CC2)nc2ccc(Cl)cn12. The highest BCUT2D eigenvalue weighted by molar-refractivity contribution is 6.30. The van der Waals surface area contributed by atoms with Gasteiger partial charge in [-0.2, -0.15) is 0 Å². The summed E-state index contributed by atoms with van der Waals surface area (Å²) in [5.41, 5.74) is 2.79. The maximum absolute atomic E-state index is 9.37. The van der Waals surface area contributed by atoms with Gasteiger partial charge in [0.2, 0.25) is 0 Å². The molecule has 1 saturated carbocycles. The molecule has 0 aliphatic heterocycles. The van der Waals surface area contributed by atoms with Crippen molar-refractivity contribution in [3.63, 3.8) is 0 Å². The second kappa shape index (κ2) is 3.22. The zero-order chi connectivity index (χ0) is 10.4. The largest absolute Gasteiger partial charge is 0.390 e. The second-order valence-electron chi connectivity index (χ2n) is 3.95. The van der Waals surface area contributed by atoms with Gasteiger partial charge in [-0.25, -0.2) is 4.98 Å². The van der Waals surface area contributed by atoms with Gasteiger partial charge in [-0.05, 0) is 25.0 Å². The molecule has 1 aliphatic rings. The molecule has 0 aromatic carbocycles. The van der Waals surface area contributed by atoms with E-state index in [0.29, 0.717) is 10.9 Å². The van der Waals surface area contributed by atoms with Crippen molar-refractivity contribution >= 4 is 17.2 Å². The summed E-state index contributed by atoms with van der Waals surface area (Å²) in [6.45, 7) is 0.0212. The summed E-state index contributed by atoms with van der Waals surface area (Å²) in [6.07, 6.45) is 4.18. The quantitative estimate of drug-likeness (QED) is 0.847. The van der Waals surface area contributed by atoms with Crippen LogP contribution in [0.4, 0.5) is 0 Å². The van der Waals surface area contributed by atoms with Crippen molar-refractivity contribution in [3.05, 3.63) is 34.7 Å². The molecule has 0 spiro atoms. The zero-order valence-electron chi connectivity index (χ0n) is 8.15. The van der Waals surface area contributed by atoms with E-state index in [2.05, 4.69) is 4.98 Å². The Kier molecular flexibility index (Phi) is 1.97. The first kappa shape index (κ1) is 9.19. The third kappa shape index (κ3) is 1.43. The van der Waals surface area contributed by atoms with Crippen molar-refractivity contribution in [2.45, 2.75) is 25.4 Å². The molecule has 2 heterocycles. The van der Waals surface area contributed by atoms with Gasteiger partial charge in [0.25, 0.3) is 0 Å². The standard InChI is InChI=1S/C11H11ClN2O/c12-8-3-4-10-13-11(7-1-2-7)9(6-15)14(10)5-8/h3-5,7,15H,1-2,6H2. The molecule has 0 radical (unpaired) electrons. The van der Waals surface area contributed by atoms with Crippen molar-refractivity contribution in [3.8, 4) is 0 Å². The average Bonchev–Trinajstić information content (AvgIpc) is 3.00. The number of rotatable bonds is 2. The summed E-state index contributed by atoms with van der Waals surface area (Å²) in [7, 11) is 0. The molecule has 4 heteroatoms. The van der Waals surface area contributed by atoms with Crippen molar-refractivity contribution in [2.75, 3.05) is 0 Å². The average molecular weight is 223 g/mol. The van der Waals surface area contributed by atoms with Crippen LogP contribution in [0, 0.1) is 0 Å². The van der Waals surface area contributed by atoms with Gasteiger partial charge in [-0.1, -0.05) is 11.6 Å². The third-order valence-electron chi connectivity index (χ3n) is 2.83. The van der Waals surface area contributed by atoms with Crippen LogP contribution in [0.1, 0.15) is 30.1 Å². The van der Waals surface area contributed by atoms with Gasteiger partial charge in [0, 0.05) is 12.1 Å². The summed E-state index contributed by atoms with van der Waals surface area (Å²) in [5.74, 6) is 0.547. The minimum Gasteiger partial charge on any atom is -0.390 e. The van der Waals surface area contributed by atoms with E-state index in [9.17, 15) is 5.11 Å². The monoisotopic (exact) mass is 222 g/mol. The van der Waals surface area contributed by atoms with E-state index in [0.717, 1.165) is 17.0 Å². The van der Waals surface area contributed by atoms with Gasteiger partial charge >= 0.3 is 0 Å². The van der Waals surface area contributed by atoms with Gasteiger partial charge in [-0.15, -0.1) is 0 Å². The van der Waals surface area contributed by atoms with Crippen LogP contribution < -0.4 is 0 Å². The Hall–Kier alpha value is -1.06. The highest BCUT2D eigenvalue weighted by Gasteiger charge is 2.29. The fourth-order valence-electron chi connectivity index (χ4n) is 1.93. The molecule has 3 nitrogen and oxygen atoms in total. The fraction of sp³-hybridized carbons (Fsp3) is 0.364. The maximum atomic E-state index is 9.37. The van der Waals surface area contributed by atoms with E-state index < -0.39 is 0 Å². The Bertz CT molecular complexity index is 517. The topological polar surface area (TPSA) is 37.5 Å². The number of hydrogen-bond donors (Lipinski definition) is 1. The Morgan fingerprint density at radius 3 is 2.93 bits per heavy atom. The highest BCUT2D eigenvalue weighted by atomic mass is 35.5. The van der Waals surface area contributed by atoms with Gasteiger partial charge in [0.1, 0.15) is 5.65 Å². The van der Waals surface area contributed by atoms with Crippen LogP contribution in [-0.2, 0) is 6.61 Å². The Balaban J connectivity index is 2.27. The van der Waals surface area contributed by atoms with Crippen LogP contribution in [0.15, 0.2) is 18.3 Å². The summed E-state index contributed by atoms with van der Waals surface area (Å²) in [5, 5.41) is 10.0. The molecule has 1 aliphatic carbocycles. The molecule has 0 amide bonds. The van der Waals surface area contributed by atoms with Crippen molar-refractivity contribution in [2.24, 2.45) is 0 Å². The van der Waals surface area contributed by atoms with E-state index in [1.165, 1.54) is 12.8 Å². The predicted molar refractivity (Wildman–Crippen MR) is 58.1 cm³/mol. The van der Waals surface area contributed by atoms with Crippen molar-refractivity contribution in [1.29, 1.82) is 0 Å². The van der Waals surface area contributed by atoms with Gasteiger partial charge < -0.3 is 5.11 Å². The van der Waals surface area contributed by atoms with E-state index in [1.54, 1.807) is 6.20 Å². The van der Waals surface area contributed by atoms with E-state index >= 15 is 0 Å². The van der Waals surface area contributed by atoms with Crippen molar-refractivity contribution in [1.82, 2.24) is 9.38 Å². The number of hydrogen-bond acceptors (Lipinski definition) is 2. The maximum Gasteiger partial charge on any atom is 0.137 e. The van der Waals surface area contributed by atoms with E-state index in [-0.39, 0.29) is 6.61 Å². The molecule has 15 heavy (non-hydrogen) atoms. The fourth-order valence-corrected chi connectivity index (χ4v) is 2.09. The summed E-state index contributed by atoms with van der Waals surface area (Å²) in [4.78, 5) is 4.53. The molecule has 2 aromatic heterocycles. The number of aromatic nitrogens is 2. The zero-order valence-corrected chi connectivity index (χ0v) is 8.91. The molecule has 1 N–H and O–H groups in total. The van der Waals surface area contributed by atoms with Crippen molar-refractivity contribution < 1.29 is 5.11 Å². The van der Waals surface area contributed by atoms with Gasteiger partial charge in [0.05, 0.1) is 23.0 Å². The minimum atomic E-state index is 0.0212. The van der Waals surface area contributed by atoms with Gasteiger partial charge in [-0.3, -0.25) is 4.40 Å². The number of aliphatic hydroxyl groups is 1. The number of pyridine rings is 1. The van der Waals surface area contributed by atoms with Crippen LogP contribution in [0.2, 0.25) is 5.02 Å². The first-order valence-corrected chi connectivity index (χ1v) is 5.44. The predicted octanol–water partition coefficient (Wildman–Crippen LogP) is 2.36. The lowest BCUT2D eigenvalue weighted by molar-refractivity contribution is 0.274. The molecule has 0 atom stereocenters. The Morgan fingerprint density at radius 1 is 1.47 bits per heavy atom. The highest BCUT2D eigenvalue weighted by Crippen LogP contribution is 2.41. The smallest absolute Gasteiger partial charge is 0.137 e. The van der Waals surface area contributed by atoms with Crippen LogP contribution in [0.25, 0.3) is 5.65 Å². The molecule has 1 fully saturated rings. The molecule has 0 bridgehead atoms. The Labute approximate surface area is 92.3 Å². The lowest BCUT2D eigenvalue weighted by Gasteiger charge is -2.00. The number of fused-ring (bicyclic) bond motifs is 1. The third-order valence-corrected chi connectivity index (χ3v) is 3.05. The van der Waals surface area contributed by atoms with Crippen LogP contribution in [0.5, 0.6) is 0 Å². The normalized spacial score (nSPS) is 16.1. The molecule has 78 valence electrons. The lowest BCUT2D eigenvalue weighted by Crippen LogP contribution is -1.95. The number of nitrogens with zero attached hydrogens (tertiary/aromatic N) is 2. The molecule has 0 unspecified atom stereocenters. The molecular weight excluding hydrogens is 212 g/mol. The van der Waals surface area contributed by atoms with Gasteiger partial charge in [0.15, 0.2) is 0 Å². The lowest BCUT2D eigenvalue weighted by atomic mass is 10.2. The second-order valence-corrected chi connectivity index (χ2v) is 4.39. The van der Waals surface area contributed by atoms with E-state index in [1.807, 2.05) is 16.5 Å². The summed E-state index contributed by atoms with van der Waals surface area (Å²) >= 11 is 5.92. The minimum absolute atomic E-state index is 0.0212. The van der Waals surface area contributed by atoms with E-state index in [4.69, 9.17) is 11.6 Å². The van der Waals surface area contributed by atoms with Crippen LogP contribution in [-0.4, -0.2) is 14.5 Å². The molecule has 0 saturated heterocycles. The molecule has 2 aromatic rings. The summed E-state index contributed by atoms with van der Waals surface area (Å²) < 4.78 is 1.88. The first-order valence-electron chi connectivity index (χ1n) is 5.07. The number of aliphatic hydroxyl groups excluding tert-OH is 1. The number of imidazole rings is 1. The first-order chi connectivity index (χ1) is 7.29. The van der Waals surface area contributed by atoms with Crippen LogP contribution >= 0.6 is 11.6 Å². The van der Waals surface area contributed by atoms with Crippen LogP contribution in [0.3, 0.4) is 0 Å².